The normalized spacial score (nSPS) is 10.2. The summed E-state index contributed by atoms with van der Waals surface area (Å²) in [7, 11) is 0. The Hall–Kier alpha value is -2.20. The lowest BCUT2D eigenvalue weighted by atomic mass is 10.1. The zero-order chi connectivity index (χ0) is 14.2. The second-order valence-corrected chi connectivity index (χ2v) is 4.45. The molecule has 2 aromatic carbocycles. The van der Waals surface area contributed by atoms with Gasteiger partial charge in [0.25, 0.3) is 0 Å². The monoisotopic (exact) mass is 272 g/mol. The van der Waals surface area contributed by atoms with Gasteiger partial charge in [0.1, 0.15) is 24.7 Å². The van der Waals surface area contributed by atoms with Crippen molar-refractivity contribution in [2.45, 2.75) is 6.42 Å². The summed E-state index contributed by atoms with van der Waals surface area (Å²) in [6, 6.07) is 15.3. The number of rotatable bonds is 7. The lowest BCUT2D eigenvalue weighted by molar-refractivity contribution is 0.217. The van der Waals surface area contributed by atoms with Gasteiger partial charge in [-0.2, -0.15) is 0 Å². The highest BCUT2D eigenvalue weighted by atomic mass is 16.5. The van der Waals surface area contributed by atoms with Crippen LogP contribution in [0.5, 0.6) is 11.5 Å². The van der Waals surface area contributed by atoms with E-state index in [0.717, 1.165) is 23.6 Å². The highest BCUT2D eigenvalue weighted by Crippen LogP contribution is 2.14. The lowest BCUT2D eigenvalue weighted by Crippen LogP contribution is -2.09. The number of ether oxygens (including phenoxy) is 2. The van der Waals surface area contributed by atoms with E-state index in [1.54, 1.807) is 0 Å². The number of benzene rings is 2. The van der Waals surface area contributed by atoms with Crippen LogP contribution < -0.4 is 20.9 Å². The fourth-order valence-electron chi connectivity index (χ4n) is 1.80. The van der Waals surface area contributed by atoms with Gasteiger partial charge in [0, 0.05) is 5.69 Å². The summed E-state index contributed by atoms with van der Waals surface area (Å²) in [5.74, 6) is 1.63. The standard InChI is InChI=1S/C16H20N2O2/c17-10-9-13-1-5-15(6-2-13)19-11-12-20-16-7-3-14(18)4-8-16/h1-8H,9-12,17-18H2. The van der Waals surface area contributed by atoms with Gasteiger partial charge in [-0.3, -0.25) is 0 Å². The summed E-state index contributed by atoms with van der Waals surface area (Å²) < 4.78 is 11.2. The Bertz CT molecular complexity index is 509. The van der Waals surface area contributed by atoms with Crippen LogP contribution in [-0.2, 0) is 6.42 Å². The van der Waals surface area contributed by atoms with E-state index in [0.29, 0.717) is 19.8 Å². The van der Waals surface area contributed by atoms with E-state index in [4.69, 9.17) is 20.9 Å². The Morgan fingerprint density at radius 3 is 1.75 bits per heavy atom. The minimum atomic E-state index is 0.495. The van der Waals surface area contributed by atoms with E-state index in [1.807, 2.05) is 48.5 Å². The molecule has 0 amide bonds. The van der Waals surface area contributed by atoms with Gasteiger partial charge in [0.15, 0.2) is 0 Å². The van der Waals surface area contributed by atoms with Crippen molar-refractivity contribution in [1.29, 1.82) is 0 Å². The molecule has 0 bridgehead atoms. The van der Waals surface area contributed by atoms with Gasteiger partial charge in [0.05, 0.1) is 0 Å². The minimum absolute atomic E-state index is 0.495. The minimum Gasteiger partial charge on any atom is -0.490 e. The molecule has 0 aliphatic carbocycles. The number of hydrogen-bond donors (Lipinski definition) is 2. The van der Waals surface area contributed by atoms with Crippen molar-refractivity contribution in [1.82, 2.24) is 0 Å². The van der Waals surface area contributed by atoms with Crippen molar-refractivity contribution in [3.63, 3.8) is 0 Å². The predicted octanol–water partition coefficient (Wildman–Crippen LogP) is 2.23. The molecule has 4 N–H and O–H groups in total. The summed E-state index contributed by atoms with van der Waals surface area (Å²) in [5, 5.41) is 0. The fraction of sp³-hybridized carbons (Fsp3) is 0.250. The molecule has 0 saturated heterocycles. The van der Waals surface area contributed by atoms with Crippen LogP contribution in [0.25, 0.3) is 0 Å². The van der Waals surface area contributed by atoms with E-state index in [1.165, 1.54) is 5.56 Å². The van der Waals surface area contributed by atoms with Crippen LogP contribution in [0.1, 0.15) is 5.56 Å². The first-order chi connectivity index (χ1) is 9.78. The quantitative estimate of drug-likeness (QED) is 0.599. The number of nitrogen functional groups attached to an aromatic ring is 1. The smallest absolute Gasteiger partial charge is 0.122 e. The molecule has 0 heterocycles. The Labute approximate surface area is 119 Å². The Kier molecular flexibility index (Phi) is 5.26. The summed E-state index contributed by atoms with van der Waals surface area (Å²) in [6.07, 6.45) is 0.889. The molecule has 0 aliphatic heterocycles. The molecule has 0 unspecified atom stereocenters. The van der Waals surface area contributed by atoms with E-state index < -0.39 is 0 Å². The van der Waals surface area contributed by atoms with Gasteiger partial charge < -0.3 is 20.9 Å². The molecule has 20 heavy (non-hydrogen) atoms. The third-order valence-electron chi connectivity index (χ3n) is 2.86. The second-order valence-electron chi connectivity index (χ2n) is 4.45. The molecule has 2 aromatic rings. The lowest BCUT2D eigenvalue weighted by Gasteiger charge is -2.09. The topological polar surface area (TPSA) is 70.5 Å². The number of nitrogens with two attached hydrogens (primary N) is 2. The van der Waals surface area contributed by atoms with Crippen LogP contribution in [0, 0.1) is 0 Å². The van der Waals surface area contributed by atoms with Gasteiger partial charge in [-0.05, 0) is 54.9 Å². The van der Waals surface area contributed by atoms with Crippen molar-refractivity contribution < 1.29 is 9.47 Å². The first kappa shape index (κ1) is 14.2. The highest BCUT2D eigenvalue weighted by Gasteiger charge is 1.97. The molecule has 2 rings (SSSR count). The molecular formula is C16H20N2O2. The molecule has 0 radical (unpaired) electrons. The van der Waals surface area contributed by atoms with E-state index in [9.17, 15) is 0 Å². The predicted molar refractivity (Wildman–Crippen MR) is 81.0 cm³/mol. The Balaban J connectivity index is 1.71. The van der Waals surface area contributed by atoms with Crippen molar-refractivity contribution in [2.75, 3.05) is 25.5 Å². The van der Waals surface area contributed by atoms with Crippen LogP contribution in [0.4, 0.5) is 5.69 Å². The van der Waals surface area contributed by atoms with Crippen LogP contribution in [-0.4, -0.2) is 19.8 Å². The second kappa shape index (κ2) is 7.40. The first-order valence-electron chi connectivity index (χ1n) is 6.68. The summed E-state index contributed by atoms with van der Waals surface area (Å²) >= 11 is 0. The third-order valence-corrected chi connectivity index (χ3v) is 2.86. The maximum atomic E-state index is 5.60. The van der Waals surface area contributed by atoms with Crippen molar-refractivity contribution >= 4 is 5.69 Å². The maximum absolute atomic E-state index is 5.60. The first-order valence-corrected chi connectivity index (χ1v) is 6.68. The number of anilines is 1. The Morgan fingerprint density at radius 2 is 1.25 bits per heavy atom. The fourth-order valence-corrected chi connectivity index (χ4v) is 1.80. The van der Waals surface area contributed by atoms with Gasteiger partial charge in [-0.1, -0.05) is 12.1 Å². The van der Waals surface area contributed by atoms with E-state index in [2.05, 4.69) is 0 Å². The molecular weight excluding hydrogens is 252 g/mol. The van der Waals surface area contributed by atoms with E-state index >= 15 is 0 Å². The molecule has 0 atom stereocenters. The number of hydrogen-bond acceptors (Lipinski definition) is 4. The summed E-state index contributed by atoms with van der Waals surface area (Å²) in [6.45, 7) is 1.66. The average molecular weight is 272 g/mol. The van der Waals surface area contributed by atoms with Crippen LogP contribution in [0.3, 0.4) is 0 Å². The molecule has 0 aromatic heterocycles. The third kappa shape index (κ3) is 4.48. The molecule has 106 valence electrons. The van der Waals surface area contributed by atoms with Crippen molar-refractivity contribution in [2.24, 2.45) is 5.73 Å². The summed E-state index contributed by atoms with van der Waals surface area (Å²) in [4.78, 5) is 0. The van der Waals surface area contributed by atoms with Gasteiger partial charge in [-0.25, -0.2) is 0 Å². The summed E-state index contributed by atoms with van der Waals surface area (Å²) in [5.41, 5.74) is 13.1. The van der Waals surface area contributed by atoms with Crippen LogP contribution in [0.2, 0.25) is 0 Å². The maximum Gasteiger partial charge on any atom is 0.122 e. The zero-order valence-corrected chi connectivity index (χ0v) is 11.4. The molecule has 0 fully saturated rings. The van der Waals surface area contributed by atoms with E-state index in [-0.39, 0.29) is 0 Å². The average Bonchev–Trinajstić information content (AvgIpc) is 2.47. The van der Waals surface area contributed by atoms with Crippen LogP contribution >= 0.6 is 0 Å². The van der Waals surface area contributed by atoms with Crippen LogP contribution in [0.15, 0.2) is 48.5 Å². The molecule has 0 aliphatic rings. The zero-order valence-electron chi connectivity index (χ0n) is 11.4. The molecule has 0 spiro atoms. The SMILES string of the molecule is NCCc1ccc(OCCOc2ccc(N)cc2)cc1. The van der Waals surface area contributed by atoms with Gasteiger partial charge in [0.2, 0.25) is 0 Å². The molecule has 4 nitrogen and oxygen atoms in total. The van der Waals surface area contributed by atoms with Gasteiger partial charge >= 0.3 is 0 Å². The molecule has 0 saturated carbocycles. The van der Waals surface area contributed by atoms with Crippen molar-refractivity contribution in [3.05, 3.63) is 54.1 Å². The molecule has 4 heteroatoms. The van der Waals surface area contributed by atoms with Gasteiger partial charge in [-0.15, -0.1) is 0 Å². The highest BCUT2D eigenvalue weighted by molar-refractivity contribution is 5.41. The van der Waals surface area contributed by atoms with Crippen molar-refractivity contribution in [3.8, 4) is 11.5 Å². The largest absolute Gasteiger partial charge is 0.490 e. The Morgan fingerprint density at radius 1 is 0.750 bits per heavy atom.